The molecule has 2 aromatic carbocycles. The zero-order chi connectivity index (χ0) is 31.6. The summed E-state index contributed by atoms with van der Waals surface area (Å²) in [5.41, 5.74) is -0.200. The van der Waals surface area contributed by atoms with E-state index in [0.717, 1.165) is 5.56 Å². The summed E-state index contributed by atoms with van der Waals surface area (Å²) in [6.07, 6.45) is -2.73. The van der Waals surface area contributed by atoms with Gasteiger partial charge in [0.05, 0.1) is 18.4 Å². The highest BCUT2D eigenvalue weighted by atomic mass is 32.2. The summed E-state index contributed by atoms with van der Waals surface area (Å²) in [7, 11) is 0. The topological polar surface area (TPSA) is 39.4 Å². The van der Waals surface area contributed by atoms with E-state index in [-0.39, 0.29) is 0 Å². The van der Waals surface area contributed by atoms with Crippen molar-refractivity contribution in [2.75, 3.05) is 12.4 Å². The maximum absolute atomic E-state index is 14.4. The molecule has 1 aromatic heterocycles. The van der Waals surface area contributed by atoms with Gasteiger partial charge in [0.1, 0.15) is 11.3 Å². The van der Waals surface area contributed by atoms with Gasteiger partial charge in [0.2, 0.25) is 0 Å². The third-order valence-electron chi connectivity index (χ3n) is 7.26. The van der Waals surface area contributed by atoms with E-state index >= 15 is 0 Å². The van der Waals surface area contributed by atoms with Crippen LogP contribution in [0.15, 0.2) is 76.6 Å². The van der Waals surface area contributed by atoms with Crippen molar-refractivity contribution in [3.8, 4) is 11.3 Å². The zero-order valence-corrected chi connectivity index (χ0v) is 23.9. The first-order valence-corrected chi connectivity index (χ1v) is 13.9. The van der Waals surface area contributed by atoms with Crippen LogP contribution in [0.25, 0.3) is 22.3 Å². The molecule has 1 atom stereocenters. The number of hydrogen-bond donors (Lipinski definition) is 0. The highest BCUT2D eigenvalue weighted by Gasteiger charge is 2.79. The lowest BCUT2D eigenvalue weighted by Crippen LogP contribution is -2.62. The lowest BCUT2D eigenvalue weighted by Gasteiger charge is -2.37. The van der Waals surface area contributed by atoms with E-state index in [1.165, 1.54) is 25.1 Å². The van der Waals surface area contributed by atoms with Crippen LogP contribution in [0.5, 0.6) is 0 Å². The lowest BCUT2D eigenvalue weighted by atomic mass is 9.79. The molecule has 0 saturated heterocycles. The molecule has 0 aliphatic carbocycles. The number of benzene rings is 2. The van der Waals surface area contributed by atoms with E-state index in [0.29, 0.717) is 33.4 Å². The Bertz CT molecular complexity index is 1390. The molecule has 3 nitrogen and oxygen atoms in total. The fourth-order valence-electron chi connectivity index (χ4n) is 3.90. The highest BCUT2D eigenvalue weighted by Crippen LogP contribution is 2.55. The Hall–Kier alpha value is -3.02. The third-order valence-corrected chi connectivity index (χ3v) is 8.26. The molecule has 0 aliphatic heterocycles. The van der Waals surface area contributed by atoms with Crippen LogP contribution in [0.2, 0.25) is 0 Å². The number of ether oxygens (including phenoxy) is 1. The van der Waals surface area contributed by atoms with Gasteiger partial charge in [-0.15, -0.1) is 18.3 Å². The van der Waals surface area contributed by atoms with Gasteiger partial charge in [-0.3, -0.25) is 4.79 Å². The van der Waals surface area contributed by atoms with Gasteiger partial charge in [0.25, 0.3) is 0 Å². The van der Waals surface area contributed by atoms with Crippen molar-refractivity contribution < 1.29 is 49.1 Å². The Labute approximate surface area is 242 Å². The van der Waals surface area contributed by atoms with Gasteiger partial charge >= 0.3 is 29.7 Å². The van der Waals surface area contributed by atoms with Crippen LogP contribution < -0.4 is 0 Å². The van der Waals surface area contributed by atoms with Gasteiger partial charge in [-0.2, -0.15) is 35.1 Å². The number of rotatable bonds is 14. The fourth-order valence-corrected chi connectivity index (χ4v) is 4.85. The maximum atomic E-state index is 14.4. The molecular formula is C30H30F8O3S. The molecule has 0 aliphatic rings. The Balaban J connectivity index is 1.64. The number of carbonyl (C=O) groups excluding carboxylic acids is 1. The lowest BCUT2D eigenvalue weighted by molar-refractivity contribution is -0.367. The molecular weight excluding hydrogens is 592 g/mol. The summed E-state index contributed by atoms with van der Waals surface area (Å²) in [5, 5.41) is 0.681. The van der Waals surface area contributed by atoms with E-state index in [4.69, 9.17) is 4.42 Å². The number of fused-ring (bicyclic) bond motifs is 1. The Morgan fingerprint density at radius 1 is 0.929 bits per heavy atom. The predicted octanol–water partition coefficient (Wildman–Crippen LogP) is 9.90. The number of hydrogen-bond acceptors (Lipinski definition) is 4. The largest absolute Gasteiger partial charge is 0.465 e. The van der Waals surface area contributed by atoms with E-state index in [1.54, 1.807) is 38.1 Å². The SMILES string of the molecule is C=CC(C)(C(=O)OCCC(F)(F)C(F)(F)C(F)(F)C(F)(F)CCSc1ccc2cc(-c3ccccc3)oc2c1)C(C)C. The summed E-state index contributed by atoms with van der Waals surface area (Å²) < 4.78 is 125. The van der Waals surface area contributed by atoms with Crippen molar-refractivity contribution >= 4 is 28.7 Å². The summed E-state index contributed by atoms with van der Waals surface area (Å²) in [6.45, 7) is 6.59. The van der Waals surface area contributed by atoms with E-state index < -0.39 is 66.2 Å². The van der Waals surface area contributed by atoms with Crippen LogP contribution in [0, 0.1) is 11.3 Å². The first-order chi connectivity index (χ1) is 19.4. The van der Waals surface area contributed by atoms with Gasteiger partial charge in [-0.25, -0.2) is 0 Å². The van der Waals surface area contributed by atoms with Crippen molar-refractivity contribution in [3.05, 3.63) is 67.3 Å². The maximum Gasteiger partial charge on any atom is 0.378 e. The molecule has 12 heteroatoms. The van der Waals surface area contributed by atoms with Gasteiger partial charge < -0.3 is 9.15 Å². The van der Waals surface area contributed by atoms with E-state index in [9.17, 15) is 39.9 Å². The second-order valence-corrected chi connectivity index (χ2v) is 11.5. The van der Waals surface area contributed by atoms with Crippen LogP contribution >= 0.6 is 11.8 Å². The minimum Gasteiger partial charge on any atom is -0.465 e. The number of alkyl halides is 8. The first kappa shape index (κ1) is 33.5. The molecule has 0 N–H and O–H groups in total. The Morgan fingerprint density at radius 2 is 1.52 bits per heavy atom. The number of furan rings is 1. The molecule has 42 heavy (non-hydrogen) atoms. The molecule has 1 unspecified atom stereocenters. The van der Waals surface area contributed by atoms with Crippen molar-refractivity contribution in [2.45, 2.75) is 62.2 Å². The fraction of sp³-hybridized carbons (Fsp3) is 0.433. The molecule has 230 valence electrons. The van der Waals surface area contributed by atoms with Crippen molar-refractivity contribution in [2.24, 2.45) is 11.3 Å². The third kappa shape index (κ3) is 6.48. The molecule has 0 bridgehead atoms. The molecule has 0 saturated carbocycles. The van der Waals surface area contributed by atoms with Gasteiger partial charge in [-0.1, -0.05) is 50.3 Å². The summed E-state index contributed by atoms with van der Waals surface area (Å²) in [6, 6.07) is 15.4. The standard InChI is InChI=1S/C30H30F8O3S/c1-5-26(4,19(2)3)25(39)40-15-13-27(31,32)29(35,36)30(37,38)28(33,34)14-16-42-22-12-11-21-17-23(41-24(21)18-22)20-9-7-6-8-10-20/h5-12,17-19H,1,13-16H2,2-4H3. The first-order valence-electron chi connectivity index (χ1n) is 12.9. The normalized spacial score (nSPS) is 14.7. The summed E-state index contributed by atoms with van der Waals surface area (Å²) in [4.78, 5) is 12.5. The van der Waals surface area contributed by atoms with Crippen molar-refractivity contribution in [1.29, 1.82) is 0 Å². The minimum absolute atomic E-state index is 0.322. The predicted molar refractivity (Wildman–Crippen MR) is 145 cm³/mol. The molecule has 1 heterocycles. The van der Waals surface area contributed by atoms with Crippen LogP contribution in [-0.2, 0) is 9.53 Å². The van der Waals surface area contributed by atoms with E-state index in [1.807, 2.05) is 18.2 Å². The van der Waals surface area contributed by atoms with Crippen LogP contribution in [0.4, 0.5) is 35.1 Å². The second-order valence-electron chi connectivity index (χ2n) is 10.4. The van der Waals surface area contributed by atoms with E-state index in [2.05, 4.69) is 11.3 Å². The summed E-state index contributed by atoms with van der Waals surface area (Å²) >= 11 is 0.654. The molecule has 0 radical (unpaired) electrons. The van der Waals surface area contributed by atoms with Gasteiger partial charge in [0, 0.05) is 28.0 Å². The Morgan fingerprint density at radius 3 is 2.10 bits per heavy atom. The zero-order valence-electron chi connectivity index (χ0n) is 23.0. The minimum atomic E-state index is -6.44. The highest BCUT2D eigenvalue weighted by molar-refractivity contribution is 7.99. The number of thioether (sulfide) groups is 1. The molecule has 0 amide bonds. The van der Waals surface area contributed by atoms with Crippen molar-refractivity contribution in [3.63, 3.8) is 0 Å². The molecule has 0 spiro atoms. The Kier molecular flexibility index (Phi) is 9.81. The average molecular weight is 623 g/mol. The van der Waals surface area contributed by atoms with Crippen molar-refractivity contribution in [1.82, 2.24) is 0 Å². The number of carbonyl (C=O) groups is 1. The van der Waals surface area contributed by atoms with Gasteiger partial charge in [-0.05, 0) is 37.1 Å². The smallest absolute Gasteiger partial charge is 0.378 e. The monoisotopic (exact) mass is 622 g/mol. The summed E-state index contributed by atoms with van der Waals surface area (Å²) in [5.74, 6) is -25.7. The quantitative estimate of drug-likeness (QED) is 0.0777. The average Bonchev–Trinajstić information content (AvgIpc) is 3.36. The van der Waals surface area contributed by atoms with Crippen LogP contribution in [0.1, 0.15) is 33.6 Å². The molecule has 3 rings (SSSR count). The number of halogens is 8. The number of esters is 1. The molecule has 3 aromatic rings. The van der Waals surface area contributed by atoms with Crippen LogP contribution in [0.3, 0.4) is 0 Å². The molecule has 0 fully saturated rings. The van der Waals surface area contributed by atoms with Gasteiger partial charge in [0.15, 0.2) is 0 Å². The second kappa shape index (κ2) is 12.3. The van der Waals surface area contributed by atoms with Crippen LogP contribution in [-0.4, -0.2) is 42.0 Å².